The number of carbonyl (C=O) groups excluding carboxylic acids is 1. The van der Waals surface area contributed by atoms with Gasteiger partial charge in [-0.15, -0.1) is 0 Å². The summed E-state index contributed by atoms with van der Waals surface area (Å²) < 4.78 is 69.4. The summed E-state index contributed by atoms with van der Waals surface area (Å²) in [5.74, 6) is -0.0163. The van der Waals surface area contributed by atoms with Gasteiger partial charge < -0.3 is 14.9 Å². The standard InChI is InChI=1S/C22H23F5N2O3S/c1-31-18-4-2-3-16(13-18)20-14-22(32-29-20)11-9-15(10-12-22)21(30)28-17-5-7-19(8-6-17)33(23,24,25,26)27/h2-8,13,15H,9-12,14H2,1H3,(H,28,30). The maximum Gasteiger partial charge on any atom is 0.310 e. The molecule has 1 fully saturated rings. The van der Waals surface area contributed by atoms with Gasteiger partial charge >= 0.3 is 10.2 Å². The molecule has 2 aliphatic rings. The van der Waals surface area contributed by atoms with Crippen LogP contribution in [0.3, 0.4) is 0 Å². The summed E-state index contributed by atoms with van der Waals surface area (Å²) >= 11 is 0. The average molecular weight is 490 g/mol. The molecule has 0 bridgehead atoms. The van der Waals surface area contributed by atoms with Crippen molar-refractivity contribution in [3.05, 3.63) is 54.1 Å². The summed E-state index contributed by atoms with van der Waals surface area (Å²) in [5, 5.41) is 6.77. The molecule has 0 saturated heterocycles. The Morgan fingerprint density at radius 1 is 1.09 bits per heavy atom. The summed E-state index contributed by atoms with van der Waals surface area (Å²) in [6.45, 7) is 0. The number of anilines is 1. The molecule has 1 aliphatic carbocycles. The second kappa shape index (κ2) is 7.34. The first-order valence-corrected chi connectivity index (χ1v) is 12.3. The molecule has 1 N–H and O–H groups in total. The van der Waals surface area contributed by atoms with Crippen LogP contribution < -0.4 is 10.1 Å². The van der Waals surface area contributed by atoms with E-state index in [1.807, 2.05) is 24.3 Å². The molecule has 0 radical (unpaired) electrons. The Morgan fingerprint density at radius 3 is 2.36 bits per heavy atom. The van der Waals surface area contributed by atoms with Crippen molar-refractivity contribution in [3.8, 4) is 5.75 Å². The Labute approximate surface area is 187 Å². The van der Waals surface area contributed by atoms with E-state index >= 15 is 0 Å². The van der Waals surface area contributed by atoms with Crippen LogP contribution in [0.2, 0.25) is 0 Å². The summed E-state index contributed by atoms with van der Waals surface area (Å²) in [6, 6.07) is 9.75. The highest BCUT2D eigenvalue weighted by Gasteiger charge is 2.65. The molecule has 1 aliphatic heterocycles. The smallest absolute Gasteiger partial charge is 0.310 e. The fourth-order valence-electron chi connectivity index (χ4n) is 4.19. The number of amides is 1. The van der Waals surface area contributed by atoms with E-state index in [4.69, 9.17) is 9.57 Å². The van der Waals surface area contributed by atoms with Crippen LogP contribution >= 0.6 is 10.2 Å². The van der Waals surface area contributed by atoms with Crippen LogP contribution in [0, 0.1) is 5.92 Å². The number of nitrogens with zero attached hydrogens (tertiary/aromatic N) is 1. The molecule has 4 rings (SSSR count). The molecule has 5 nitrogen and oxygen atoms in total. The minimum atomic E-state index is -9.74. The molecule has 1 amide bonds. The number of nitrogens with one attached hydrogen (secondary N) is 1. The third-order valence-corrected chi connectivity index (χ3v) is 7.24. The number of halogens is 5. The van der Waals surface area contributed by atoms with Gasteiger partial charge in [-0.25, -0.2) is 0 Å². The molecular weight excluding hydrogens is 467 g/mol. The Morgan fingerprint density at radius 2 is 1.76 bits per heavy atom. The first-order chi connectivity index (χ1) is 15.3. The number of rotatable bonds is 5. The van der Waals surface area contributed by atoms with Crippen LogP contribution in [-0.2, 0) is 9.63 Å². The zero-order chi connectivity index (χ0) is 24.0. The second-order valence-corrected chi connectivity index (χ2v) is 10.9. The monoisotopic (exact) mass is 490 g/mol. The van der Waals surface area contributed by atoms with E-state index in [0.717, 1.165) is 23.4 Å². The second-order valence-electron chi connectivity index (χ2n) is 8.48. The highest BCUT2D eigenvalue weighted by molar-refractivity contribution is 8.45. The number of carbonyl (C=O) groups is 1. The number of hydrogen-bond acceptors (Lipinski definition) is 4. The van der Waals surface area contributed by atoms with Crippen molar-refractivity contribution in [2.75, 3.05) is 12.4 Å². The number of oxime groups is 1. The van der Waals surface area contributed by atoms with Crippen LogP contribution in [-0.4, -0.2) is 24.3 Å². The number of ether oxygens (including phenoxy) is 1. The lowest BCUT2D eigenvalue weighted by Crippen LogP contribution is -2.37. The number of hydrogen-bond donors (Lipinski definition) is 1. The van der Waals surface area contributed by atoms with E-state index < -0.39 is 20.7 Å². The minimum Gasteiger partial charge on any atom is -0.497 e. The third kappa shape index (κ3) is 5.23. The van der Waals surface area contributed by atoms with Crippen LogP contribution in [0.15, 0.2) is 58.6 Å². The van der Waals surface area contributed by atoms with Crippen LogP contribution in [0.1, 0.15) is 37.7 Å². The molecule has 1 saturated carbocycles. The van der Waals surface area contributed by atoms with Gasteiger partial charge in [0.15, 0.2) is 0 Å². The topological polar surface area (TPSA) is 59.9 Å². The maximum absolute atomic E-state index is 12.8. The zero-order valence-electron chi connectivity index (χ0n) is 17.7. The van der Waals surface area contributed by atoms with Crippen molar-refractivity contribution in [1.82, 2.24) is 0 Å². The van der Waals surface area contributed by atoms with Gasteiger partial charge in [-0.3, -0.25) is 4.79 Å². The van der Waals surface area contributed by atoms with Crippen molar-refractivity contribution in [1.29, 1.82) is 0 Å². The molecule has 0 atom stereocenters. The van der Waals surface area contributed by atoms with Crippen molar-refractivity contribution < 1.29 is 33.8 Å². The van der Waals surface area contributed by atoms with E-state index in [1.54, 1.807) is 7.11 Å². The van der Waals surface area contributed by atoms with Crippen molar-refractivity contribution in [2.24, 2.45) is 11.1 Å². The van der Waals surface area contributed by atoms with E-state index in [2.05, 4.69) is 10.5 Å². The lowest BCUT2D eigenvalue weighted by Gasteiger charge is -2.40. The van der Waals surface area contributed by atoms with Crippen LogP contribution in [0.4, 0.5) is 25.1 Å². The molecule has 2 aromatic carbocycles. The van der Waals surface area contributed by atoms with Gasteiger partial charge in [-0.05, 0) is 62.1 Å². The number of benzene rings is 2. The van der Waals surface area contributed by atoms with Gasteiger partial charge in [-0.2, -0.15) is 0 Å². The lowest BCUT2D eigenvalue weighted by molar-refractivity contribution is -0.123. The molecule has 1 spiro atoms. The highest BCUT2D eigenvalue weighted by Crippen LogP contribution is 3.02. The molecule has 0 unspecified atom stereocenters. The summed E-state index contributed by atoms with van der Waals surface area (Å²) in [5.41, 5.74) is 1.26. The first-order valence-electron chi connectivity index (χ1n) is 10.3. The molecule has 0 aromatic heterocycles. The van der Waals surface area contributed by atoms with Crippen molar-refractivity contribution in [3.63, 3.8) is 0 Å². The Bertz CT molecular complexity index is 1100. The Hall–Kier alpha value is -2.82. The van der Waals surface area contributed by atoms with Gasteiger partial charge in [-0.1, -0.05) is 36.7 Å². The first kappa shape index (κ1) is 23.3. The molecule has 11 heteroatoms. The maximum atomic E-state index is 12.8. The van der Waals surface area contributed by atoms with Crippen molar-refractivity contribution in [2.45, 2.75) is 42.6 Å². The molecule has 2 aromatic rings. The summed E-state index contributed by atoms with van der Waals surface area (Å²) in [6.07, 6.45) is 2.80. The van der Waals surface area contributed by atoms with E-state index in [-0.39, 0.29) is 29.6 Å². The number of methoxy groups -OCH3 is 1. The zero-order valence-corrected chi connectivity index (χ0v) is 18.5. The van der Waals surface area contributed by atoms with Gasteiger partial charge in [0, 0.05) is 23.6 Å². The van der Waals surface area contributed by atoms with Crippen LogP contribution in [0.25, 0.3) is 0 Å². The van der Waals surface area contributed by atoms with Gasteiger partial charge in [0.2, 0.25) is 5.91 Å². The quantitative estimate of drug-likeness (QED) is 0.457. The average Bonchev–Trinajstić information content (AvgIpc) is 3.16. The van der Waals surface area contributed by atoms with E-state index in [0.29, 0.717) is 37.9 Å². The van der Waals surface area contributed by atoms with Gasteiger partial charge in [0.25, 0.3) is 0 Å². The molecule has 33 heavy (non-hydrogen) atoms. The van der Waals surface area contributed by atoms with E-state index in [9.17, 15) is 24.2 Å². The van der Waals surface area contributed by atoms with Gasteiger partial charge in [0.1, 0.15) is 16.2 Å². The highest BCUT2D eigenvalue weighted by atomic mass is 32.5. The Kier molecular flexibility index (Phi) is 5.19. The van der Waals surface area contributed by atoms with Gasteiger partial charge in [0.05, 0.1) is 12.8 Å². The van der Waals surface area contributed by atoms with Crippen molar-refractivity contribution >= 4 is 27.5 Å². The lowest BCUT2D eigenvalue weighted by atomic mass is 9.76. The summed E-state index contributed by atoms with van der Waals surface area (Å²) in [7, 11) is -8.15. The van der Waals surface area contributed by atoms with E-state index in [1.165, 1.54) is 0 Å². The largest absolute Gasteiger partial charge is 0.497 e. The summed E-state index contributed by atoms with van der Waals surface area (Å²) in [4.78, 5) is 16.4. The fourth-order valence-corrected chi connectivity index (χ4v) is 4.84. The molecule has 1 heterocycles. The normalized spacial score (nSPS) is 24.9. The SMILES string of the molecule is COc1cccc(C2=NOC3(CCC(C(=O)Nc4ccc(S(F)(F)(F)(F)F)cc4)CC3)C2)c1. The molecular formula is C22H23F5N2O3S. The fraction of sp³-hybridized carbons (Fsp3) is 0.364. The predicted molar refractivity (Wildman–Crippen MR) is 116 cm³/mol. The minimum absolute atomic E-state index is 0.0339. The Balaban J connectivity index is 1.33. The predicted octanol–water partition coefficient (Wildman–Crippen LogP) is 7.04. The van der Waals surface area contributed by atoms with Crippen LogP contribution in [0.5, 0.6) is 5.75 Å². The molecule has 180 valence electrons. The third-order valence-electron chi connectivity index (χ3n) is 6.08.